The van der Waals surface area contributed by atoms with E-state index in [1.54, 1.807) is 50.6 Å². The molecule has 0 heterocycles. The van der Waals surface area contributed by atoms with E-state index < -0.39 is 0 Å². The summed E-state index contributed by atoms with van der Waals surface area (Å²) in [6.07, 6.45) is 3.10. The Morgan fingerprint density at radius 2 is 1.76 bits per heavy atom. The lowest BCUT2D eigenvalue weighted by Gasteiger charge is -2.10. The molecule has 25 heavy (non-hydrogen) atoms. The summed E-state index contributed by atoms with van der Waals surface area (Å²) in [5.41, 5.74) is 2.00. The number of anilines is 1. The number of carbonyl (C=O) groups is 2. The topological polar surface area (TPSA) is 64.6 Å². The van der Waals surface area contributed by atoms with Crippen LogP contribution in [0.5, 0.6) is 11.5 Å². The Labute approximate surface area is 154 Å². The van der Waals surface area contributed by atoms with Crippen molar-refractivity contribution in [1.29, 1.82) is 0 Å². The number of ketones is 1. The maximum atomic E-state index is 12.0. The summed E-state index contributed by atoms with van der Waals surface area (Å²) in [5.74, 6) is 0.865. The van der Waals surface area contributed by atoms with Gasteiger partial charge in [-0.3, -0.25) is 9.59 Å². The average molecular weight is 404 g/mol. The standard InChI is InChI=1S/C19H18BrNO4/c1-12(22)14-5-7-15(8-6-14)21-18(23)9-4-13-10-16(20)19(25-3)17(11-13)24-2/h4-11H,1-3H3,(H,21,23)/b9-4+. The first-order chi connectivity index (χ1) is 11.9. The van der Waals surface area contributed by atoms with E-state index in [4.69, 9.17) is 9.47 Å². The molecule has 1 amide bonds. The molecule has 0 saturated heterocycles. The number of amides is 1. The largest absolute Gasteiger partial charge is 0.493 e. The molecule has 0 atom stereocenters. The summed E-state index contributed by atoms with van der Waals surface area (Å²) >= 11 is 3.41. The molecule has 2 aromatic carbocycles. The monoisotopic (exact) mass is 403 g/mol. The van der Waals surface area contributed by atoms with Gasteiger partial charge in [-0.05, 0) is 70.9 Å². The first-order valence-electron chi connectivity index (χ1n) is 7.46. The molecule has 0 aliphatic rings. The van der Waals surface area contributed by atoms with Crippen LogP contribution >= 0.6 is 15.9 Å². The Bertz CT molecular complexity index is 813. The van der Waals surface area contributed by atoms with Crippen molar-refractivity contribution in [2.24, 2.45) is 0 Å². The Hall–Kier alpha value is -2.60. The zero-order chi connectivity index (χ0) is 18.4. The second kappa shape index (κ2) is 8.48. The van der Waals surface area contributed by atoms with Gasteiger partial charge in [-0.15, -0.1) is 0 Å². The van der Waals surface area contributed by atoms with Crippen molar-refractivity contribution in [3.8, 4) is 11.5 Å². The fourth-order valence-corrected chi connectivity index (χ4v) is 2.80. The molecule has 0 fully saturated rings. The van der Waals surface area contributed by atoms with Gasteiger partial charge in [-0.2, -0.15) is 0 Å². The van der Waals surface area contributed by atoms with E-state index in [1.807, 2.05) is 6.07 Å². The summed E-state index contributed by atoms with van der Waals surface area (Å²) in [5, 5.41) is 2.74. The van der Waals surface area contributed by atoms with Crippen LogP contribution in [-0.2, 0) is 4.79 Å². The van der Waals surface area contributed by atoms with Gasteiger partial charge in [-0.1, -0.05) is 0 Å². The molecule has 0 aliphatic carbocycles. The van der Waals surface area contributed by atoms with Crippen molar-refractivity contribution in [3.05, 3.63) is 58.1 Å². The third-order valence-electron chi connectivity index (χ3n) is 3.44. The van der Waals surface area contributed by atoms with Gasteiger partial charge in [0.1, 0.15) is 0 Å². The van der Waals surface area contributed by atoms with Gasteiger partial charge in [0, 0.05) is 17.3 Å². The van der Waals surface area contributed by atoms with Crippen LogP contribution in [0.1, 0.15) is 22.8 Å². The molecule has 0 saturated carbocycles. The maximum Gasteiger partial charge on any atom is 0.248 e. The highest BCUT2D eigenvalue weighted by Gasteiger charge is 2.09. The molecule has 1 N–H and O–H groups in total. The highest BCUT2D eigenvalue weighted by molar-refractivity contribution is 9.10. The number of Topliss-reactive ketones (excluding diaryl/α,β-unsaturated/α-hetero) is 1. The molecule has 2 rings (SSSR count). The molecule has 0 aromatic heterocycles. The Balaban J connectivity index is 2.09. The number of ether oxygens (including phenoxy) is 2. The second-order valence-electron chi connectivity index (χ2n) is 5.19. The Morgan fingerprint density at radius 1 is 1.08 bits per heavy atom. The zero-order valence-corrected chi connectivity index (χ0v) is 15.7. The lowest BCUT2D eigenvalue weighted by molar-refractivity contribution is -0.111. The van der Waals surface area contributed by atoms with E-state index in [-0.39, 0.29) is 11.7 Å². The normalized spacial score (nSPS) is 10.6. The van der Waals surface area contributed by atoms with Gasteiger partial charge in [-0.25, -0.2) is 0 Å². The van der Waals surface area contributed by atoms with Crippen LogP contribution in [0, 0.1) is 0 Å². The number of hydrogen-bond acceptors (Lipinski definition) is 4. The minimum absolute atomic E-state index is 0.0168. The van der Waals surface area contributed by atoms with Crippen molar-refractivity contribution in [1.82, 2.24) is 0 Å². The molecule has 0 spiro atoms. The highest BCUT2D eigenvalue weighted by Crippen LogP contribution is 2.36. The van der Waals surface area contributed by atoms with Crippen molar-refractivity contribution in [2.75, 3.05) is 19.5 Å². The summed E-state index contributed by atoms with van der Waals surface area (Å²) in [6.45, 7) is 1.50. The first-order valence-corrected chi connectivity index (χ1v) is 8.25. The van der Waals surface area contributed by atoms with Gasteiger partial charge in [0.05, 0.1) is 18.7 Å². The fourth-order valence-electron chi connectivity index (χ4n) is 2.18. The number of nitrogens with one attached hydrogen (secondary N) is 1. The molecular formula is C19H18BrNO4. The number of hydrogen-bond donors (Lipinski definition) is 1. The van der Waals surface area contributed by atoms with Crippen molar-refractivity contribution in [2.45, 2.75) is 6.92 Å². The predicted molar refractivity (Wildman–Crippen MR) is 101 cm³/mol. The van der Waals surface area contributed by atoms with Crippen molar-refractivity contribution < 1.29 is 19.1 Å². The first kappa shape index (κ1) is 18.7. The van der Waals surface area contributed by atoms with Gasteiger partial charge in [0.15, 0.2) is 17.3 Å². The van der Waals surface area contributed by atoms with Gasteiger partial charge < -0.3 is 14.8 Å². The zero-order valence-electron chi connectivity index (χ0n) is 14.1. The third kappa shape index (κ3) is 4.93. The lowest BCUT2D eigenvalue weighted by Crippen LogP contribution is -2.07. The summed E-state index contributed by atoms with van der Waals surface area (Å²) < 4.78 is 11.3. The van der Waals surface area contributed by atoms with E-state index in [0.717, 1.165) is 10.0 Å². The summed E-state index contributed by atoms with van der Waals surface area (Å²) in [7, 11) is 3.11. The van der Waals surface area contributed by atoms with Crippen molar-refractivity contribution >= 4 is 39.4 Å². The predicted octanol–water partition coefficient (Wildman–Crippen LogP) is 4.32. The molecule has 0 bridgehead atoms. The number of rotatable bonds is 6. The molecule has 6 heteroatoms. The fraction of sp³-hybridized carbons (Fsp3) is 0.158. The smallest absolute Gasteiger partial charge is 0.248 e. The maximum absolute atomic E-state index is 12.0. The highest BCUT2D eigenvalue weighted by atomic mass is 79.9. The Kier molecular flexibility index (Phi) is 6.36. The second-order valence-corrected chi connectivity index (χ2v) is 6.05. The van der Waals surface area contributed by atoms with Crippen LogP contribution in [0.2, 0.25) is 0 Å². The number of methoxy groups -OCH3 is 2. The molecular weight excluding hydrogens is 386 g/mol. The SMILES string of the molecule is COc1cc(/C=C/C(=O)Nc2ccc(C(C)=O)cc2)cc(Br)c1OC. The number of halogens is 1. The minimum atomic E-state index is -0.276. The van der Waals surface area contributed by atoms with E-state index in [1.165, 1.54) is 13.0 Å². The molecule has 5 nitrogen and oxygen atoms in total. The van der Waals surface area contributed by atoms with E-state index in [0.29, 0.717) is 22.7 Å². The molecule has 0 aliphatic heterocycles. The Morgan fingerprint density at radius 3 is 2.32 bits per heavy atom. The quantitative estimate of drug-likeness (QED) is 0.575. The van der Waals surface area contributed by atoms with E-state index in [2.05, 4.69) is 21.2 Å². The molecule has 0 unspecified atom stereocenters. The average Bonchev–Trinajstić information content (AvgIpc) is 2.59. The van der Waals surface area contributed by atoms with Crippen LogP contribution in [0.25, 0.3) is 6.08 Å². The number of carbonyl (C=O) groups excluding carboxylic acids is 2. The molecule has 0 radical (unpaired) electrons. The minimum Gasteiger partial charge on any atom is -0.493 e. The van der Waals surface area contributed by atoms with Crippen LogP contribution < -0.4 is 14.8 Å². The molecule has 130 valence electrons. The van der Waals surface area contributed by atoms with Crippen molar-refractivity contribution in [3.63, 3.8) is 0 Å². The summed E-state index contributed by atoms with van der Waals surface area (Å²) in [4.78, 5) is 23.3. The van der Waals surface area contributed by atoms with Crippen LogP contribution in [0.4, 0.5) is 5.69 Å². The van der Waals surface area contributed by atoms with E-state index >= 15 is 0 Å². The van der Waals surface area contributed by atoms with Crippen LogP contribution in [0.3, 0.4) is 0 Å². The van der Waals surface area contributed by atoms with Crippen LogP contribution in [-0.4, -0.2) is 25.9 Å². The lowest BCUT2D eigenvalue weighted by atomic mass is 10.1. The van der Waals surface area contributed by atoms with Crippen LogP contribution in [0.15, 0.2) is 46.9 Å². The van der Waals surface area contributed by atoms with E-state index in [9.17, 15) is 9.59 Å². The van der Waals surface area contributed by atoms with Gasteiger partial charge >= 0.3 is 0 Å². The third-order valence-corrected chi connectivity index (χ3v) is 4.03. The van der Waals surface area contributed by atoms with Gasteiger partial charge in [0.25, 0.3) is 0 Å². The summed E-state index contributed by atoms with van der Waals surface area (Å²) in [6, 6.07) is 10.3. The van der Waals surface area contributed by atoms with Gasteiger partial charge in [0.2, 0.25) is 5.91 Å². The molecule has 2 aromatic rings. The number of benzene rings is 2.